The molecule has 0 aliphatic rings. The summed E-state index contributed by atoms with van der Waals surface area (Å²) in [6, 6.07) is 23.2. The minimum Gasteiger partial charge on any atom is -0.465 e. The third kappa shape index (κ3) is 4.54. The van der Waals surface area contributed by atoms with E-state index in [0.717, 1.165) is 11.1 Å². The topological polar surface area (TPSA) is 96.7 Å². The zero-order valence-electron chi connectivity index (χ0n) is 19.3. The zero-order chi connectivity index (χ0) is 24.9. The van der Waals surface area contributed by atoms with Crippen LogP contribution in [0.4, 0.5) is 0 Å². The Bertz CT molecular complexity index is 1410. The molecule has 0 N–H and O–H groups in total. The van der Waals surface area contributed by atoms with E-state index in [1.807, 2.05) is 24.3 Å². The van der Waals surface area contributed by atoms with Gasteiger partial charge in [0.05, 0.1) is 32.6 Å². The quantitative estimate of drug-likeness (QED) is 0.301. The first-order valence-electron chi connectivity index (χ1n) is 10.6. The van der Waals surface area contributed by atoms with E-state index in [1.54, 1.807) is 54.6 Å². The van der Waals surface area contributed by atoms with E-state index in [9.17, 15) is 14.4 Å². The van der Waals surface area contributed by atoms with Gasteiger partial charge < -0.3 is 14.2 Å². The molecule has 1 heterocycles. The maximum Gasteiger partial charge on any atom is 0.357 e. The van der Waals surface area contributed by atoms with Crippen LogP contribution in [0.15, 0.2) is 78.9 Å². The Balaban J connectivity index is 1.92. The Morgan fingerprint density at radius 1 is 0.657 bits per heavy atom. The molecule has 8 nitrogen and oxygen atoms in total. The Hall–Kier alpha value is -4.72. The van der Waals surface area contributed by atoms with Gasteiger partial charge in [0.15, 0.2) is 5.69 Å². The van der Waals surface area contributed by atoms with E-state index in [4.69, 9.17) is 14.2 Å². The van der Waals surface area contributed by atoms with Crippen LogP contribution in [-0.4, -0.2) is 49.0 Å². The van der Waals surface area contributed by atoms with E-state index in [1.165, 1.54) is 26.0 Å². The summed E-state index contributed by atoms with van der Waals surface area (Å²) < 4.78 is 16.2. The standard InChI is InChI=1S/C27H22N2O6/c1-33-25(30)20-12-8-10-18(16-20)17-9-7-11-19(15-17)23-22(26(31)34-2)24(27(32)35-3)29(28-23)21-13-5-4-6-14-21/h4-16H,1-3H3. The van der Waals surface area contributed by atoms with Crippen molar-refractivity contribution in [2.24, 2.45) is 0 Å². The highest BCUT2D eigenvalue weighted by atomic mass is 16.5. The summed E-state index contributed by atoms with van der Waals surface area (Å²) in [5.41, 5.74) is 3.31. The lowest BCUT2D eigenvalue weighted by atomic mass is 9.98. The fraction of sp³-hybridized carbons (Fsp3) is 0.111. The highest BCUT2D eigenvalue weighted by Gasteiger charge is 2.31. The SMILES string of the molecule is COC(=O)c1cccc(-c2cccc(-c3nn(-c4ccccc4)c(C(=O)OC)c3C(=O)OC)c2)c1. The van der Waals surface area contributed by atoms with Crippen LogP contribution >= 0.6 is 0 Å². The van der Waals surface area contributed by atoms with Gasteiger partial charge in [0.2, 0.25) is 0 Å². The number of carbonyl (C=O) groups is 3. The predicted octanol–water partition coefficient (Wildman–Crippen LogP) is 4.57. The van der Waals surface area contributed by atoms with Crippen LogP contribution in [0, 0.1) is 0 Å². The van der Waals surface area contributed by atoms with Crippen molar-refractivity contribution in [1.29, 1.82) is 0 Å². The van der Waals surface area contributed by atoms with Gasteiger partial charge in [-0.3, -0.25) is 0 Å². The lowest BCUT2D eigenvalue weighted by Crippen LogP contribution is -2.15. The fourth-order valence-electron chi connectivity index (χ4n) is 3.75. The van der Waals surface area contributed by atoms with Crippen LogP contribution in [0.5, 0.6) is 0 Å². The third-order valence-electron chi connectivity index (χ3n) is 5.41. The Morgan fingerprint density at radius 3 is 1.91 bits per heavy atom. The number of benzene rings is 3. The number of methoxy groups -OCH3 is 3. The molecule has 4 rings (SSSR count). The first kappa shape index (κ1) is 23.4. The van der Waals surface area contributed by atoms with Gasteiger partial charge in [0.25, 0.3) is 0 Å². The molecule has 1 aromatic heterocycles. The molecule has 0 atom stereocenters. The molecular formula is C27H22N2O6. The molecule has 35 heavy (non-hydrogen) atoms. The number of carbonyl (C=O) groups excluding carboxylic acids is 3. The molecule has 3 aromatic carbocycles. The number of hydrogen-bond donors (Lipinski definition) is 0. The Kier molecular flexibility index (Phi) is 6.73. The average Bonchev–Trinajstić information content (AvgIpc) is 3.33. The van der Waals surface area contributed by atoms with Gasteiger partial charge in [-0.15, -0.1) is 0 Å². The summed E-state index contributed by atoms with van der Waals surface area (Å²) in [5.74, 6) is -1.89. The van der Waals surface area contributed by atoms with Crippen LogP contribution in [-0.2, 0) is 14.2 Å². The van der Waals surface area contributed by atoms with Gasteiger partial charge in [-0.2, -0.15) is 5.10 Å². The Labute approximate surface area is 201 Å². The lowest BCUT2D eigenvalue weighted by molar-refractivity contribution is 0.0549. The largest absolute Gasteiger partial charge is 0.465 e. The molecule has 0 fully saturated rings. The maximum absolute atomic E-state index is 12.9. The number of esters is 3. The fourth-order valence-corrected chi connectivity index (χ4v) is 3.75. The molecule has 176 valence electrons. The number of nitrogens with zero attached hydrogens (tertiary/aromatic N) is 2. The van der Waals surface area contributed by atoms with Crippen LogP contribution in [0.25, 0.3) is 28.1 Å². The molecule has 8 heteroatoms. The van der Waals surface area contributed by atoms with Crippen molar-refractivity contribution in [2.45, 2.75) is 0 Å². The van der Waals surface area contributed by atoms with Crippen molar-refractivity contribution < 1.29 is 28.6 Å². The average molecular weight is 470 g/mol. The number of rotatable bonds is 6. The molecule has 0 amide bonds. The molecule has 0 aliphatic heterocycles. The summed E-state index contributed by atoms with van der Waals surface area (Å²) >= 11 is 0. The second kappa shape index (κ2) is 10.0. The van der Waals surface area contributed by atoms with E-state index < -0.39 is 17.9 Å². The number of aromatic nitrogens is 2. The second-order valence-corrected chi connectivity index (χ2v) is 7.46. The summed E-state index contributed by atoms with van der Waals surface area (Å²) in [6.45, 7) is 0. The van der Waals surface area contributed by atoms with E-state index in [-0.39, 0.29) is 17.0 Å². The van der Waals surface area contributed by atoms with Gasteiger partial charge in [0.1, 0.15) is 11.3 Å². The van der Waals surface area contributed by atoms with Crippen LogP contribution in [0.1, 0.15) is 31.2 Å². The first-order chi connectivity index (χ1) is 17.0. The van der Waals surface area contributed by atoms with Gasteiger partial charge in [-0.25, -0.2) is 19.1 Å². The molecule has 0 aliphatic carbocycles. The smallest absolute Gasteiger partial charge is 0.357 e. The summed E-state index contributed by atoms with van der Waals surface area (Å²) in [6.07, 6.45) is 0. The van der Waals surface area contributed by atoms with E-state index in [2.05, 4.69) is 5.10 Å². The van der Waals surface area contributed by atoms with Crippen molar-refractivity contribution in [3.05, 3.63) is 95.7 Å². The monoisotopic (exact) mass is 470 g/mol. The molecule has 0 saturated carbocycles. The highest BCUT2D eigenvalue weighted by molar-refractivity contribution is 6.07. The summed E-state index contributed by atoms with van der Waals surface area (Å²) in [7, 11) is 3.80. The van der Waals surface area contributed by atoms with Crippen LogP contribution < -0.4 is 0 Å². The van der Waals surface area contributed by atoms with Crippen LogP contribution in [0.3, 0.4) is 0 Å². The van der Waals surface area contributed by atoms with E-state index >= 15 is 0 Å². The van der Waals surface area contributed by atoms with Crippen molar-refractivity contribution in [3.8, 4) is 28.1 Å². The molecular weight excluding hydrogens is 448 g/mol. The number of ether oxygens (including phenoxy) is 3. The van der Waals surface area contributed by atoms with Crippen LogP contribution in [0.2, 0.25) is 0 Å². The molecule has 0 unspecified atom stereocenters. The molecule has 0 bridgehead atoms. The van der Waals surface area contributed by atoms with Crippen molar-refractivity contribution in [3.63, 3.8) is 0 Å². The highest BCUT2D eigenvalue weighted by Crippen LogP contribution is 2.32. The molecule has 0 spiro atoms. The molecule has 0 saturated heterocycles. The van der Waals surface area contributed by atoms with Gasteiger partial charge in [0, 0.05) is 5.56 Å². The summed E-state index contributed by atoms with van der Waals surface area (Å²) in [4.78, 5) is 37.6. The van der Waals surface area contributed by atoms with Crippen molar-refractivity contribution in [1.82, 2.24) is 9.78 Å². The number of para-hydroxylation sites is 1. The molecule has 0 radical (unpaired) electrons. The zero-order valence-corrected chi connectivity index (χ0v) is 19.3. The molecule has 4 aromatic rings. The predicted molar refractivity (Wildman–Crippen MR) is 128 cm³/mol. The Morgan fingerprint density at radius 2 is 1.26 bits per heavy atom. The normalized spacial score (nSPS) is 10.5. The number of hydrogen-bond acceptors (Lipinski definition) is 7. The third-order valence-corrected chi connectivity index (χ3v) is 5.41. The van der Waals surface area contributed by atoms with Gasteiger partial charge in [-0.1, -0.05) is 48.5 Å². The van der Waals surface area contributed by atoms with E-state index in [0.29, 0.717) is 16.8 Å². The van der Waals surface area contributed by atoms with Crippen molar-refractivity contribution in [2.75, 3.05) is 21.3 Å². The second-order valence-electron chi connectivity index (χ2n) is 7.46. The minimum absolute atomic E-state index is 0.0105. The summed E-state index contributed by atoms with van der Waals surface area (Å²) in [5, 5.41) is 4.62. The van der Waals surface area contributed by atoms with Gasteiger partial charge >= 0.3 is 17.9 Å². The minimum atomic E-state index is -0.727. The first-order valence-corrected chi connectivity index (χ1v) is 10.6. The maximum atomic E-state index is 12.9. The van der Waals surface area contributed by atoms with Crippen molar-refractivity contribution >= 4 is 17.9 Å². The lowest BCUT2D eigenvalue weighted by Gasteiger charge is -2.08. The van der Waals surface area contributed by atoms with Gasteiger partial charge in [-0.05, 0) is 41.5 Å².